The van der Waals surface area contributed by atoms with Gasteiger partial charge in [0.05, 0.1) is 10.2 Å². The Labute approximate surface area is 346 Å². The molecule has 12 rings (SSSR count). The van der Waals surface area contributed by atoms with E-state index >= 15 is 0 Å². The maximum absolute atomic E-state index is 6.23. The van der Waals surface area contributed by atoms with E-state index in [-0.39, 0.29) is 0 Å². The van der Waals surface area contributed by atoms with Crippen molar-refractivity contribution >= 4 is 75.0 Å². The fraction of sp³-hybridized carbons (Fsp3) is 0. The summed E-state index contributed by atoms with van der Waals surface area (Å²) in [4.78, 5) is 20.0. The molecule has 0 aliphatic carbocycles. The third kappa shape index (κ3) is 5.82. The summed E-state index contributed by atoms with van der Waals surface area (Å²) in [5.41, 5.74) is 11.3. The number of aromatic nitrogens is 4. The number of fused-ring (bicyclic) bond motifs is 7. The Bertz CT molecular complexity index is 3520. The third-order valence-electron chi connectivity index (χ3n) is 11.0. The van der Waals surface area contributed by atoms with Gasteiger partial charge in [0.15, 0.2) is 17.5 Å². The minimum atomic E-state index is 0.605. The average Bonchev–Trinajstić information content (AvgIpc) is 4.03. The fourth-order valence-corrected chi connectivity index (χ4v) is 10.3. The molecule has 0 fully saturated rings. The predicted octanol–water partition coefficient (Wildman–Crippen LogP) is 14.8. The van der Waals surface area contributed by atoms with Crippen LogP contribution in [0.5, 0.6) is 0 Å². The van der Waals surface area contributed by atoms with Crippen LogP contribution in [0.2, 0.25) is 0 Å². The van der Waals surface area contributed by atoms with E-state index in [2.05, 4.69) is 115 Å². The van der Waals surface area contributed by atoms with Crippen LogP contribution >= 0.6 is 22.7 Å². The fourth-order valence-electron chi connectivity index (χ4n) is 8.11. The van der Waals surface area contributed by atoms with Crippen molar-refractivity contribution in [3.8, 4) is 67.0 Å². The predicted molar refractivity (Wildman–Crippen MR) is 246 cm³/mol. The summed E-state index contributed by atoms with van der Waals surface area (Å²) in [5, 5.41) is 5.60. The van der Waals surface area contributed by atoms with Crippen LogP contribution in [0.15, 0.2) is 186 Å². The molecule has 0 aliphatic heterocycles. The first kappa shape index (κ1) is 33.8. The van der Waals surface area contributed by atoms with E-state index < -0.39 is 0 Å². The molecule has 276 valence electrons. The maximum atomic E-state index is 6.23. The second kappa shape index (κ2) is 13.7. The SMILES string of the molecule is c1ccc(-c2nc(-c3ccc(-c4cccc5c4sc4ccc(-c6ccc(-c7nc8ccccc8s7)cc6)cc45)cc3)nc(-c3cccc4oc5ccccc5c34)n2)cc1. The number of rotatable bonds is 6. The van der Waals surface area contributed by atoms with E-state index in [0.717, 1.165) is 60.3 Å². The van der Waals surface area contributed by atoms with Gasteiger partial charge in [0.25, 0.3) is 0 Å². The van der Waals surface area contributed by atoms with Crippen LogP contribution < -0.4 is 0 Å². The summed E-state index contributed by atoms with van der Waals surface area (Å²) >= 11 is 3.58. The molecule has 0 N–H and O–H groups in total. The number of hydrogen-bond donors (Lipinski definition) is 0. The molecule has 0 bridgehead atoms. The molecule has 0 unspecified atom stereocenters. The zero-order valence-electron chi connectivity index (χ0n) is 31.3. The molecule has 5 nitrogen and oxygen atoms in total. The summed E-state index contributed by atoms with van der Waals surface area (Å²) in [6.07, 6.45) is 0. The van der Waals surface area contributed by atoms with E-state index in [4.69, 9.17) is 24.4 Å². The van der Waals surface area contributed by atoms with Crippen LogP contribution in [0.1, 0.15) is 0 Å². The van der Waals surface area contributed by atoms with E-state index in [1.807, 2.05) is 78.1 Å². The van der Waals surface area contributed by atoms with E-state index in [1.165, 1.54) is 41.6 Å². The number of nitrogens with zero attached hydrogens (tertiary/aromatic N) is 4. The van der Waals surface area contributed by atoms with E-state index in [0.29, 0.717) is 17.5 Å². The molecular weight excluding hydrogens is 761 g/mol. The normalized spacial score (nSPS) is 11.7. The summed E-state index contributed by atoms with van der Waals surface area (Å²) in [7, 11) is 0. The number of benzene rings is 8. The molecule has 7 heteroatoms. The van der Waals surface area contributed by atoms with Gasteiger partial charge in [-0.3, -0.25) is 0 Å². The minimum absolute atomic E-state index is 0.605. The second-order valence-electron chi connectivity index (χ2n) is 14.6. The molecule has 8 aromatic carbocycles. The number of thiazole rings is 1. The van der Waals surface area contributed by atoms with Gasteiger partial charge < -0.3 is 4.42 Å². The maximum Gasteiger partial charge on any atom is 0.164 e. The van der Waals surface area contributed by atoms with Crippen molar-refractivity contribution in [1.29, 1.82) is 0 Å². The van der Waals surface area contributed by atoms with Gasteiger partial charge in [-0.15, -0.1) is 22.7 Å². The number of thiophene rings is 1. The molecule has 0 radical (unpaired) electrons. The average molecular weight is 791 g/mol. The van der Waals surface area contributed by atoms with Crippen molar-refractivity contribution < 1.29 is 4.42 Å². The molecule has 0 amide bonds. The Hall–Kier alpha value is -7.32. The van der Waals surface area contributed by atoms with Crippen LogP contribution in [-0.2, 0) is 0 Å². The molecule has 0 atom stereocenters. The molecular formula is C52H30N4OS2. The smallest absolute Gasteiger partial charge is 0.164 e. The lowest BCUT2D eigenvalue weighted by atomic mass is 9.99. The Balaban J connectivity index is 0.903. The molecule has 0 saturated heterocycles. The topological polar surface area (TPSA) is 64.7 Å². The molecule has 4 aromatic heterocycles. The lowest BCUT2D eigenvalue weighted by molar-refractivity contribution is 0.669. The van der Waals surface area contributed by atoms with Crippen molar-refractivity contribution in [2.75, 3.05) is 0 Å². The standard InChI is InChI=1S/C52H30N4OS2/c1-2-10-33(11-3-1)49-54-50(56-51(55-49)40-15-9-18-44-47(40)39-12-4-6-17-43(39)57-44)34-24-22-32(23-25-34)37-13-8-14-38-41-30-36(28-29-45(41)58-48(37)38)31-20-26-35(27-21-31)52-53-42-16-5-7-19-46(42)59-52/h1-30H. The Morgan fingerprint density at radius 3 is 1.83 bits per heavy atom. The first-order valence-electron chi connectivity index (χ1n) is 19.4. The van der Waals surface area contributed by atoms with Gasteiger partial charge in [-0.05, 0) is 58.7 Å². The quantitative estimate of drug-likeness (QED) is 0.168. The first-order chi connectivity index (χ1) is 29.2. The van der Waals surface area contributed by atoms with Crippen molar-refractivity contribution in [3.05, 3.63) is 182 Å². The third-order valence-corrected chi connectivity index (χ3v) is 13.3. The Kier molecular flexibility index (Phi) is 7.82. The molecule has 4 heterocycles. The van der Waals surface area contributed by atoms with Gasteiger partial charge in [0.1, 0.15) is 16.2 Å². The highest BCUT2D eigenvalue weighted by Crippen LogP contribution is 2.42. The minimum Gasteiger partial charge on any atom is -0.456 e. The van der Waals surface area contributed by atoms with Gasteiger partial charge in [-0.1, -0.05) is 146 Å². The van der Waals surface area contributed by atoms with Gasteiger partial charge in [0, 0.05) is 53.2 Å². The van der Waals surface area contributed by atoms with E-state index in [9.17, 15) is 0 Å². The Morgan fingerprint density at radius 2 is 0.983 bits per heavy atom. The zero-order valence-corrected chi connectivity index (χ0v) is 33.0. The summed E-state index contributed by atoms with van der Waals surface area (Å²) in [5.74, 6) is 1.84. The van der Waals surface area contributed by atoms with Crippen molar-refractivity contribution in [3.63, 3.8) is 0 Å². The largest absolute Gasteiger partial charge is 0.456 e. The van der Waals surface area contributed by atoms with E-state index in [1.54, 1.807) is 11.3 Å². The molecule has 0 saturated carbocycles. The zero-order chi connectivity index (χ0) is 38.9. The highest BCUT2D eigenvalue weighted by Gasteiger charge is 2.18. The van der Waals surface area contributed by atoms with Gasteiger partial charge >= 0.3 is 0 Å². The number of para-hydroxylation sites is 2. The van der Waals surface area contributed by atoms with Crippen molar-refractivity contribution in [2.24, 2.45) is 0 Å². The van der Waals surface area contributed by atoms with Crippen LogP contribution in [0.3, 0.4) is 0 Å². The Morgan fingerprint density at radius 1 is 0.356 bits per heavy atom. The highest BCUT2D eigenvalue weighted by molar-refractivity contribution is 7.26. The van der Waals surface area contributed by atoms with Crippen molar-refractivity contribution in [1.82, 2.24) is 19.9 Å². The summed E-state index contributed by atoms with van der Waals surface area (Å²) in [6, 6.07) is 63.5. The summed E-state index contributed by atoms with van der Waals surface area (Å²) < 4.78 is 9.98. The first-order valence-corrected chi connectivity index (χ1v) is 21.1. The van der Waals surface area contributed by atoms with Crippen molar-refractivity contribution in [2.45, 2.75) is 0 Å². The van der Waals surface area contributed by atoms with Gasteiger partial charge in [-0.2, -0.15) is 0 Å². The van der Waals surface area contributed by atoms with Crippen LogP contribution in [0.25, 0.3) is 119 Å². The summed E-state index contributed by atoms with van der Waals surface area (Å²) in [6.45, 7) is 0. The molecule has 0 aliphatic rings. The number of hydrogen-bond acceptors (Lipinski definition) is 7. The van der Waals surface area contributed by atoms with Crippen LogP contribution in [0.4, 0.5) is 0 Å². The van der Waals surface area contributed by atoms with Crippen LogP contribution in [0, 0.1) is 0 Å². The lowest BCUT2D eigenvalue weighted by Crippen LogP contribution is -2.00. The lowest BCUT2D eigenvalue weighted by Gasteiger charge is -2.10. The van der Waals surface area contributed by atoms with Gasteiger partial charge in [0.2, 0.25) is 0 Å². The monoisotopic (exact) mass is 790 g/mol. The van der Waals surface area contributed by atoms with Crippen LogP contribution in [-0.4, -0.2) is 19.9 Å². The second-order valence-corrected chi connectivity index (χ2v) is 16.7. The molecule has 12 aromatic rings. The van der Waals surface area contributed by atoms with Gasteiger partial charge in [-0.25, -0.2) is 19.9 Å². The highest BCUT2D eigenvalue weighted by atomic mass is 32.1. The molecule has 59 heavy (non-hydrogen) atoms. The molecule has 0 spiro atoms. The number of furan rings is 1.